The summed E-state index contributed by atoms with van der Waals surface area (Å²) in [5.41, 5.74) is 3.62. The highest BCUT2D eigenvalue weighted by atomic mass is 79.9. The first kappa shape index (κ1) is 27.0. The number of carbonyl (C=O) groups is 3. The van der Waals surface area contributed by atoms with Crippen molar-refractivity contribution in [2.24, 2.45) is 0 Å². The molecule has 0 bridgehead atoms. The van der Waals surface area contributed by atoms with Crippen molar-refractivity contribution >= 4 is 68.4 Å². The fourth-order valence-electron chi connectivity index (χ4n) is 3.79. The third-order valence-corrected chi connectivity index (χ3v) is 6.57. The van der Waals surface area contributed by atoms with Gasteiger partial charge in [0.1, 0.15) is 5.57 Å². The van der Waals surface area contributed by atoms with Crippen molar-refractivity contribution in [1.29, 1.82) is 0 Å². The van der Waals surface area contributed by atoms with E-state index in [1.165, 1.54) is 18.1 Å². The summed E-state index contributed by atoms with van der Waals surface area (Å²) in [6, 6.07) is 17.9. The number of methoxy groups -OCH3 is 1. The number of amides is 3. The molecule has 0 atom stereocenters. The quantitative estimate of drug-likeness (QED) is 0.229. The lowest BCUT2D eigenvalue weighted by atomic mass is 10.1. The zero-order chi connectivity index (χ0) is 27.4. The summed E-state index contributed by atoms with van der Waals surface area (Å²) in [6.45, 7) is 3.60. The molecule has 8 nitrogen and oxygen atoms in total. The van der Waals surface area contributed by atoms with Crippen LogP contribution in [0.25, 0.3) is 6.08 Å². The van der Waals surface area contributed by atoms with Gasteiger partial charge in [-0.25, -0.2) is 0 Å². The van der Waals surface area contributed by atoms with Crippen LogP contribution in [0, 0.1) is 13.8 Å². The molecule has 0 radical (unpaired) electrons. The lowest BCUT2D eigenvalue weighted by Crippen LogP contribution is -2.54. The zero-order valence-electron chi connectivity index (χ0n) is 20.8. The van der Waals surface area contributed by atoms with Crippen molar-refractivity contribution in [3.63, 3.8) is 0 Å². The molecule has 1 fully saturated rings. The van der Waals surface area contributed by atoms with Crippen LogP contribution < -0.4 is 25.0 Å². The molecule has 0 spiro atoms. The summed E-state index contributed by atoms with van der Waals surface area (Å²) < 4.78 is 11.7. The highest BCUT2D eigenvalue weighted by Gasteiger charge is 2.34. The molecule has 1 saturated heterocycles. The van der Waals surface area contributed by atoms with E-state index in [2.05, 4.69) is 26.6 Å². The Hall–Kier alpha value is -4.02. The maximum Gasteiger partial charge on any atom is 0.270 e. The number of para-hydroxylation sites is 1. The highest BCUT2D eigenvalue weighted by Crippen LogP contribution is 2.37. The summed E-state index contributed by atoms with van der Waals surface area (Å²) >= 11 is 8.68. The normalized spacial score (nSPS) is 14.4. The molecule has 1 heterocycles. The second kappa shape index (κ2) is 11.6. The van der Waals surface area contributed by atoms with Gasteiger partial charge < -0.3 is 14.8 Å². The number of anilines is 2. The maximum absolute atomic E-state index is 13.2. The van der Waals surface area contributed by atoms with Crippen LogP contribution in [-0.4, -0.2) is 36.6 Å². The maximum atomic E-state index is 13.2. The van der Waals surface area contributed by atoms with Crippen molar-refractivity contribution in [1.82, 2.24) is 5.32 Å². The molecule has 0 aliphatic carbocycles. The molecule has 3 aromatic rings. The molecule has 10 heteroatoms. The monoisotopic (exact) mass is 593 g/mol. The number of rotatable bonds is 7. The Morgan fingerprint density at radius 3 is 2.55 bits per heavy atom. The van der Waals surface area contributed by atoms with E-state index in [4.69, 9.17) is 21.7 Å². The van der Waals surface area contributed by atoms with Crippen LogP contribution >= 0.6 is 28.1 Å². The van der Waals surface area contributed by atoms with Crippen molar-refractivity contribution < 1.29 is 23.9 Å². The second-order valence-electron chi connectivity index (χ2n) is 8.48. The number of ether oxygens (including phenoxy) is 2. The molecule has 0 aromatic heterocycles. The summed E-state index contributed by atoms with van der Waals surface area (Å²) in [4.78, 5) is 39.7. The van der Waals surface area contributed by atoms with E-state index in [9.17, 15) is 14.4 Å². The predicted molar refractivity (Wildman–Crippen MR) is 153 cm³/mol. The minimum atomic E-state index is -0.606. The van der Waals surface area contributed by atoms with E-state index < -0.39 is 11.8 Å². The Labute approximate surface area is 233 Å². The lowest BCUT2D eigenvalue weighted by Gasteiger charge is -2.28. The van der Waals surface area contributed by atoms with Gasteiger partial charge in [-0.1, -0.05) is 30.3 Å². The van der Waals surface area contributed by atoms with E-state index in [1.807, 2.05) is 38.1 Å². The van der Waals surface area contributed by atoms with Gasteiger partial charge in [0, 0.05) is 5.69 Å². The summed E-state index contributed by atoms with van der Waals surface area (Å²) in [7, 11) is 1.45. The van der Waals surface area contributed by atoms with Crippen LogP contribution in [-0.2, 0) is 14.4 Å². The van der Waals surface area contributed by atoms with Crippen LogP contribution in [0.15, 0.2) is 70.7 Å². The Morgan fingerprint density at radius 1 is 1.11 bits per heavy atom. The Bertz CT molecular complexity index is 1470. The average molecular weight is 594 g/mol. The third-order valence-electron chi connectivity index (χ3n) is 5.69. The van der Waals surface area contributed by atoms with Crippen LogP contribution in [0.2, 0.25) is 0 Å². The number of carbonyl (C=O) groups excluding carboxylic acids is 3. The fraction of sp³-hybridized carbons (Fsp3) is 0.143. The van der Waals surface area contributed by atoms with Crippen LogP contribution in [0.5, 0.6) is 11.5 Å². The minimum Gasteiger partial charge on any atom is -0.493 e. The number of hydrogen-bond donors (Lipinski definition) is 2. The van der Waals surface area contributed by atoms with Gasteiger partial charge in [-0.05, 0) is 95.1 Å². The van der Waals surface area contributed by atoms with Gasteiger partial charge in [0.05, 0.1) is 17.3 Å². The number of hydrogen-bond acceptors (Lipinski definition) is 6. The highest BCUT2D eigenvalue weighted by molar-refractivity contribution is 9.10. The molecule has 38 heavy (non-hydrogen) atoms. The largest absolute Gasteiger partial charge is 0.493 e. The number of halogens is 1. The van der Waals surface area contributed by atoms with Gasteiger partial charge in [0.2, 0.25) is 0 Å². The molecule has 1 aliphatic rings. The van der Waals surface area contributed by atoms with Gasteiger partial charge in [-0.3, -0.25) is 24.6 Å². The topological polar surface area (TPSA) is 97.0 Å². The van der Waals surface area contributed by atoms with Gasteiger partial charge >= 0.3 is 0 Å². The van der Waals surface area contributed by atoms with Crippen molar-refractivity contribution in [2.75, 3.05) is 23.9 Å². The Kier molecular flexibility index (Phi) is 8.23. The smallest absolute Gasteiger partial charge is 0.270 e. The van der Waals surface area contributed by atoms with E-state index in [1.54, 1.807) is 36.4 Å². The first-order chi connectivity index (χ1) is 18.2. The van der Waals surface area contributed by atoms with E-state index in [0.717, 1.165) is 11.1 Å². The summed E-state index contributed by atoms with van der Waals surface area (Å²) in [6.07, 6.45) is 1.44. The predicted octanol–water partition coefficient (Wildman–Crippen LogP) is 4.92. The molecule has 4 rings (SSSR count). The first-order valence-electron chi connectivity index (χ1n) is 11.5. The van der Waals surface area contributed by atoms with Gasteiger partial charge in [0.15, 0.2) is 23.2 Å². The fourth-order valence-corrected chi connectivity index (χ4v) is 4.65. The molecule has 1 aliphatic heterocycles. The van der Waals surface area contributed by atoms with Crippen LogP contribution in [0.1, 0.15) is 16.7 Å². The van der Waals surface area contributed by atoms with E-state index in [0.29, 0.717) is 32.9 Å². The van der Waals surface area contributed by atoms with Crippen molar-refractivity contribution in [3.05, 3.63) is 87.4 Å². The van der Waals surface area contributed by atoms with Gasteiger partial charge in [0.25, 0.3) is 17.7 Å². The molecule has 0 unspecified atom stereocenters. The van der Waals surface area contributed by atoms with Crippen molar-refractivity contribution in [2.45, 2.75) is 13.8 Å². The van der Waals surface area contributed by atoms with E-state index in [-0.39, 0.29) is 23.2 Å². The molecule has 194 valence electrons. The number of nitrogens with one attached hydrogen (secondary N) is 2. The number of nitrogens with zero attached hydrogens (tertiary/aromatic N) is 1. The van der Waals surface area contributed by atoms with Crippen LogP contribution in [0.4, 0.5) is 11.4 Å². The van der Waals surface area contributed by atoms with Crippen molar-refractivity contribution in [3.8, 4) is 11.5 Å². The number of benzene rings is 3. The Morgan fingerprint density at radius 2 is 1.84 bits per heavy atom. The Balaban J connectivity index is 1.55. The minimum absolute atomic E-state index is 0.00462. The van der Waals surface area contributed by atoms with E-state index >= 15 is 0 Å². The second-order valence-corrected chi connectivity index (χ2v) is 9.72. The summed E-state index contributed by atoms with van der Waals surface area (Å²) in [5, 5.41) is 5.41. The van der Waals surface area contributed by atoms with Crippen LogP contribution in [0.3, 0.4) is 0 Å². The SMILES string of the molecule is COc1cc(/C=C2/C(=O)NC(=S)N(c3ccccc3)C2=O)cc(Br)c1OCC(=O)Nc1cc(C)ccc1C. The first-order valence-corrected chi connectivity index (χ1v) is 12.7. The molecule has 2 N–H and O–H groups in total. The molecular weight excluding hydrogens is 570 g/mol. The molecule has 3 aromatic carbocycles. The molecular formula is C28H24BrN3O5S. The van der Waals surface area contributed by atoms with Gasteiger partial charge in [-0.15, -0.1) is 0 Å². The molecule has 3 amide bonds. The standard InChI is InChI=1S/C28H24BrN3O5S/c1-16-9-10-17(2)22(11-16)30-24(33)15-37-25-21(29)13-18(14-23(25)36-3)12-20-26(34)31-28(38)32(27(20)35)19-7-5-4-6-8-19/h4-14H,15H2,1-3H3,(H,30,33)(H,31,34,38)/b20-12-. The third kappa shape index (κ3) is 5.92. The van der Waals surface area contributed by atoms with Gasteiger partial charge in [-0.2, -0.15) is 0 Å². The number of thiocarbonyl (C=S) groups is 1. The average Bonchev–Trinajstić information content (AvgIpc) is 2.88. The lowest BCUT2D eigenvalue weighted by molar-refractivity contribution is -0.122. The number of aryl methyl sites for hydroxylation is 2. The zero-order valence-corrected chi connectivity index (χ0v) is 23.2. The summed E-state index contributed by atoms with van der Waals surface area (Å²) in [5.74, 6) is -0.878. The molecule has 0 saturated carbocycles.